The van der Waals surface area contributed by atoms with Crippen LogP contribution in [0.25, 0.3) is 16.3 Å². The van der Waals surface area contributed by atoms with E-state index in [4.69, 9.17) is 0 Å². The van der Waals surface area contributed by atoms with Gasteiger partial charge in [-0.15, -0.1) is 0 Å². The summed E-state index contributed by atoms with van der Waals surface area (Å²) in [6, 6.07) is 12.4. The predicted molar refractivity (Wildman–Crippen MR) is 52.7 cm³/mol. The van der Waals surface area contributed by atoms with Crippen LogP contribution in [0.3, 0.4) is 0 Å². The second-order valence-corrected chi connectivity index (χ2v) is 3.06. The van der Waals surface area contributed by atoms with E-state index < -0.39 is 0 Å². The van der Waals surface area contributed by atoms with Crippen LogP contribution in [-0.2, 0) is 0 Å². The molecule has 0 fully saturated rings. The smallest absolute Gasteiger partial charge is 0.0739 e. The average Bonchev–Trinajstić information content (AvgIpc) is 2.65. The fraction of sp³-hybridized carbons (Fsp3) is 0. The molecule has 0 aliphatic carbocycles. The van der Waals surface area contributed by atoms with Gasteiger partial charge in [0.05, 0.1) is 5.52 Å². The molecule has 0 amide bonds. The standard InChI is InChI=1S/C11H8N2/c1-2-4-10-9(3-1)6-8-13-11(10)5-7-12-13/h1-8H. The number of aromatic nitrogens is 2. The van der Waals surface area contributed by atoms with Gasteiger partial charge >= 0.3 is 0 Å². The second-order valence-electron chi connectivity index (χ2n) is 3.06. The third-order valence-corrected chi connectivity index (χ3v) is 2.30. The molecule has 2 nitrogen and oxygen atoms in total. The van der Waals surface area contributed by atoms with E-state index in [1.54, 1.807) is 0 Å². The van der Waals surface area contributed by atoms with Crippen molar-refractivity contribution in [3.05, 3.63) is 48.8 Å². The minimum absolute atomic E-state index is 1.16. The molecule has 62 valence electrons. The first-order chi connectivity index (χ1) is 6.45. The lowest BCUT2D eigenvalue weighted by molar-refractivity contribution is 0.967. The SMILES string of the molecule is c1ccc2c(c1)ccn1nccc21. The Balaban J connectivity index is 2.65. The molecule has 2 heteroatoms. The van der Waals surface area contributed by atoms with Crippen molar-refractivity contribution in [1.82, 2.24) is 9.61 Å². The Hall–Kier alpha value is -1.83. The number of rotatable bonds is 0. The molecule has 0 unspecified atom stereocenters. The summed E-state index contributed by atoms with van der Waals surface area (Å²) in [7, 11) is 0. The van der Waals surface area contributed by atoms with E-state index in [1.807, 2.05) is 23.0 Å². The zero-order valence-electron chi connectivity index (χ0n) is 7.01. The number of nitrogens with zero attached hydrogens (tertiary/aromatic N) is 2. The maximum absolute atomic E-state index is 4.19. The Morgan fingerprint density at radius 2 is 1.92 bits per heavy atom. The molecule has 0 spiro atoms. The van der Waals surface area contributed by atoms with Crippen molar-refractivity contribution in [2.24, 2.45) is 0 Å². The van der Waals surface area contributed by atoms with Crippen LogP contribution in [0.4, 0.5) is 0 Å². The minimum atomic E-state index is 1.16. The van der Waals surface area contributed by atoms with Crippen LogP contribution in [0.2, 0.25) is 0 Å². The molecule has 0 N–H and O–H groups in total. The molecule has 0 saturated heterocycles. The van der Waals surface area contributed by atoms with Gasteiger partial charge in [-0.25, -0.2) is 4.52 Å². The largest absolute Gasteiger partial charge is 0.240 e. The third-order valence-electron chi connectivity index (χ3n) is 2.30. The van der Waals surface area contributed by atoms with E-state index in [9.17, 15) is 0 Å². The average molecular weight is 168 g/mol. The van der Waals surface area contributed by atoms with Crippen molar-refractivity contribution < 1.29 is 0 Å². The Labute approximate surface area is 75.4 Å². The minimum Gasteiger partial charge on any atom is -0.240 e. The highest BCUT2D eigenvalue weighted by molar-refractivity contribution is 5.95. The van der Waals surface area contributed by atoms with Crippen LogP contribution in [0.1, 0.15) is 0 Å². The molecular weight excluding hydrogens is 160 g/mol. The summed E-state index contributed by atoms with van der Waals surface area (Å²) in [4.78, 5) is 0. The number of fused-ring (bicyclic) bond motifs is 3. The van der Waals surface area contributed by atoms with Gasteiger partial charge < -0.3 is 0 Å². The van der Waals surface area contributed by atoms with Gasteiger partial charge in [-0.05, 0) is 17.5 Å². The number of hydrogen-bond donors (Lipinski definition) is 0. The molecule has 0 aliphatic rings. The van der Waals surface area contributed by atoms with Crippen LogP contribution in [0.15, 0.2) is 48.8 Å². The van der Waals surface area contributed by atoms with Gasteiger partial charge in [0.2, 0.25) is 0 Å². The van der Waals surface area contributed by atoms with Crippen LogP contribution < -0.4 is 0 Å². The maximum Gasteiger partial charge on any atom is 0.0739 e. The van der Waals surface area contributed by atoms with E-state index >= 15 is 0 Å². The lowest BCUT2D eigenvalue weighted by Gasteiger charge is -1.98. The first-order valence-corrected chi connectivity index (χ1v) is 4.26. The monoisotopic (exact) mass is 168 g/mol. The summed E-state index contributed by atoms with van der Waals surface area (Å²) < 4.78 is 1.89. The van der Waals surface area contributed by atoms with E-state index in [2.05, 4.69) is 35.4 Å². The van der Waals surface area contributed by atoms with Crippen molar-refractivity contribution in [3.63, 3.8) is 0 Å². The number of benzene rings is 1. The normalized spacial score (nSPS) is 11.1. The van der Waals surface area contributed by atoms with Crippen molar-refractivity contribution in [1.29, 1.82) is 0 Å². The highest BCUT2D eigenvalue weighted by Crippen LogP contribution is 2.18. The van der Waals surface area contributed by atoms with Crippen molar-refractivity contribution in [3.8, 4) is 0 Å². The van der Waals surface area contributed by atoms with E-state index in [0.29, 0.717) is 0 Å². The molecule has 3 rings (SSSR count). The van der Waals surface area contributed by atoms with E-state index in [1.165, 1.54) is 10.8 Å². The van der Waals surface area contributed by atoms with Gasteiger partial charge in [0.15, 0.2) is 0 Å². The highest BCUT2D eigenvalue weighted by atomic mass is 15.2. The summed E-state index contributed by atoms with van der Waals surface area (Å²) in [6.07, 6.45) is 3.80. The van der Waals surface area contributed by atoms with Gasteiger partial charge in [-0.1, -0.05) is 24.3 Å². The molecule has 13 heavy (non-hydrogen) atoms. The zero-order valence-corrected chi connectivity index (χ0v) is 7.01. The summed E-state index contributed by atoms with van der Waals surface area (Å²) >= 11 is 0. The lowest BCUT2D eigenvalue weighted by atomic mass is 10.1. The zero-order chi connectivity index (χ0) is 8.67. The van der Waals surface area contributed by atoms with Crippen LogP contribution in [0, 0.1) is 0 Å². The summed E-state index contributed by atoms with van der Waals surface area (Å²) in [6.45, 7) is 0. The second kappa shape index (κ2) is 2.33. The van der Waals surface area contributed by atoms with E-state index in [-0.39, 0.29) is 0 Å². The van der Waals surface area contributed by atoms with E-state index in [0.717, 1.165) is 5.52 Å². The highest BCUT2D eigenvalue weighted by Gasteiger charge is 1.98. The van der Waals surface area contributed by atoms with Gasteiger partial charge in [0.1, 0.15) is 0 Å². The molecule has 1 aromatic carbocycles. The van der Waals surface area contributed by atoms with Gasteiger partial charge in [0, 0.05) is 17.8 Å². The predicted octanol–water partition coefficient (Wildman–Crippen LogP) is 2.49. The summed E-state index contributed by atoms with van der Waals surface area (Å²) in [5.41, 5.74) is 1.16. The maximum atomic E-state index is 4.19. The van der Waals surface area contributed by atoms with Crippen LogP contribution >= 0.6 is 0 Å². The third kappa shape index (κ3) is 0.855. The van der Waals surface area contributed by atoms with Crippen LogP contribution in [0.5, 0.6) is 0 Å². The molecule has 3 aromatic rings. The van der Waals surface area contributed by atoms with Crippen molar-refractivity contribution in [2.75, 3.05) is 0 Å². The Morgan fingerprint density at radius 1 is 1.00 bits per heavy atom. The molecule has 0 aliphatic heterocycles. The number of pyridine rings is 1. The Morgan fingerprint density at radius 3 is 2.92 bits per heavy atom. The molecule has 0 atom stereocenters. The summed E-state index contributed by atoms with van der Waals surface area (Å²) in [5.74, 6) is 0. The van der Waals surface area contributed by atoms with Gasteiger partial charge in [0.25, 0.3) is 0 Å². The first kappa shape index (κ1) is 6.66. The first-order valence-electron chi connectivity index (χ1n) is 4.26. The molecule has 0 radical (unpaired) electrons. The molecule has 0 bridgehead atoms. The van der Waals surface area contributed by atoms with Crippen molar-refractivity contribution in [2.45, 2.75) is 0 Å². The summed E-state index contributed by atoms with van der Waals surface area (Å²) in [5, 5.41) is 6.70. The topological polar surface area (TPSA) is 17.3 Å². The molecule has 2 heterocycles. The van der Waals surface area contributed by atoms with Gasteiger partial charge in [-0.2, -0.15) is 5.10 Å². The van der Waals surface area contributed by atoms with Crippen molar-refractivity contribution >= 4 is 16.3 Å². The lowest BCUT2D eigenvalue weighted by Crippen LogP contribution is -1.85. The Kier molecular flexibility index (Phi) is 1.19. The fourth-order valence-corrected chi connectivity index (χ4v) is 1.67. The quantitative estimate of drug-likeness (QED) is 0.504. The molecular formula is C11H8N2. The molecule has 2 aromatic heterocycles. The molecule has 0 saturated carbocycles. The van der Waals surface area contributed by atoms with Gasteiger partial charge in [-0.3, -0.25) is 0 Å². The number of hydrogen-bond acceptors (Lipinski definition) is 1. The van der Waals surface area contributed by atoms with Crippen LogP contribution in [-0.4, -0.2) is 9.61 Å². The fourth-order valence-electron chi connectivity index (χ4n) is 1.67. The Bertz CT molecular complexity index is 566.